The van der Waals surface area contributed by atoms with Crippen LogP contribution in [0.3, 0.4) is 0 Å². The van der Waals surface area contributed by atoms with Gasteiger partial charge in [0.25, 0.3) is 5.91 Å². The van der Waals surface area contributed by atoms with Crippen LogP contribution in [0.15, 0.2) is 54.7 Å². The minimum Gasteiger partial charge on any atom is -0.371 e. The molecule has 4 nitrogen and oxygen atoms in total. The average Bonchev–Trinajstić information content (AvgIpc) is 2.72. The lowest BCUT2D eigenvalue weighted by atomic mass is 9.96. The van der Waals surface area contributed by atoms with Gasteiger partial charge >= 0.3 is 0 Å². The van der Waals surface area contributed by atoms with Gasteiger partial charge in [-0.05, 0) is 43.0 Å². The Labute approximate surface area is 162 Å². The van der Waals surface area contributed by atoms with Crippen LogP contribution in [0, 0.1) is 17.6 Å². The molecule has 1 N–H and O–H groups in total. The number of aromatic nitrogens is 1. The van der Waals surface area contributed by atoms with Crippen molar-refractivity contribution in [1.29, 1.82) is 0 Å². The number of rotatable bonds is 4. The van der Waals surface area contributed by atoms with Crippen LogP contribution in [0.4, 0.5) is 14.5 Å². The highest BCUT2D eigenvalue weighted by Gasteiger charge is 2.23. The Morgan fingerprint density at radius 3 is 2.82 bits per heavy atom. The average molecular weight is 381 g/mol. The first-order valence-electron chi connectivity index (χ1n) is 9.44. The molecule has 2 aromatic carbocycles. The van der Waals surface area contributed by atoms with Crippen LogP contribution in [0.1, 0.15) is 23.2 Å². The maximum atomic E-state index is 14.1. The van der Waals surface area contributed by atoms with Crippen molar-refractivity contribution in [1.82, 2.24) is 10.3 Å². The summed E-state index contributed by atoms with van der Waals surface area (Å²) in [6.07, 6.45) is 3.50. The lowest BCUT2D eigenvalue weighted by Gasteiger charge is -2.35. The lowest BCUT2D eigenvalue weighted by Crippen LogP contribution is -2.41. The zero-order valence-corrected chi connectivity index (χ0v) is 15.4. The smallest absolute Gasteiger partial charge is 0.251 e. The number of fused-ring (bicyclic) bond motifs is 1. The van der Waals surface area contributed by atoms with Crippen LogP contribution in [0.2, 0.25) is 0 Å². The molecule has 1 atom stereocenters. The number of nitrogens with zero attached hydrogens (tertiary/aromatic N) is 2. The van der Waals surface area contributed by atoms with Gasteiger partial charge in [-0.1, -0.05) is 18.2 Å². The number of piperidine rings is 1. The Morgan fingerprint density at radius 2 is 2.00 bits per heavy atom. The van der Waals surface area contributed by atoms with E-state index in [1.54, 1.807) is 24.4 Å². The number of hydrogen-bond donors (Lipinski definition) is 1. The zero-order valence-electron chi connectivity index (χ0n) is 15.4. The van der Waals surface area contributed by atoms with Crippen molar-refractivity contribution in [3.05, 3.63) is 71.9 Å². The summed E-state index contributed by atoms with van der Waals surface area (Å²) in [7, 11) is 0. The summed E-state index contributed by atoms with van der Waals surface area (Å²) in [6, 6.07) is 13.1. The number of anilines is 1. The standard InChI is InChI=1S/C22H21F2N3O/c23-17-11-18-20(8-9-25-21(18)19(24)12-17)27-10-4-5-15(14-27)13-26-22(28)16-6-2-1-3-7-16/h1-3,6-9,11-12,15H,4-5,10,13-14H2,(H,26,28). The summed E-state index contributed by atoms with van der Waals surface area (Å²) in [5.74, 6) is -1.08. The molecule has 0 aliphatic carbocycles. The summed E-state index contributed by atoms with van der Waals surface area (Å²) in [5, 5.41) is 3.48. The molecule has 28 heavy (non-hydrogen) atoms. The number of nitrogens with one attached hydrogen (secondary N) is 1. The molecule has 0 saturated carbocycles. The maximum Gasteiger partial charge on any atom is 0.251 e. The largest absolute Gasteiger partial charge is 0.371 e. The van der Waals surface area contributed by atoms with E-state index < -0.39 is 11.6 Å². The Hall–Kier alpha value is -3.02. The third-order valence-electron chi connectivity index (χ3n) is 5.19. The second kappa shape index (κ2) is 7.92. The SMILES string of the molecule is O=C(NCC1CCCN(c2ccnc3c(F)cc(F)cc23)C1)c1ccccc1. The molecule has 0 bridgehead atoms. The number of hydrogen-bond acceptors (Lipinski definition) is 3. The van der Waals surface area contributed by atoms with E-state index in [1.165, 1.54) is 6.07 Å². The molecule has 2 heterocycles. The normalized spacial score (nSPS) is 16.9. The highest BCUT2D eigenvalue weighted by molar-refractivity contribution is 5.94. The van der Waals surface area contributed by atoms with Crippen molar-refractivity contribution in [2.24, 2.45) is 5.92 Å². The van der Waals surface area contributed by atoms with E-state index in [0.717, 1.165) is 31.1 Å². The number of pyridine rings is 1. The summed E-state index contributed by atoms with van der Waals surface area (Å²) >= 11 is 0. The van der Waals surface area contributed by atoms with Crippen LogP contribution in [-0.2, 0) is 0 Å². The minimum absolute atomic E-state index is 0.0868. The third-order valence-corrected chi connectivity index (χ3v) is 5.19. The molecule has 1 saturated heterocycles. The molecule has 6 heteroatoms. The summed E-state index contributed by atoms with van der Waals surface area (Å²) in [6.45, 7) is 2.09. The Kier molecular flexibility index (Phi) is 5.19. The number of benzene rings is 2. The molecular formula is C22H21F2N3O. The van der Waals surface area contributed by atoms with E-state index >= 15 is 0 Å². The van der Waals surface area contributed by atoms with Gasteiger partial charge in [0.2, 0.25) is 0 Å². The van der Waals surface area contributed by atoms with Crippen molar-refractivity contribution in [3.63, 3.8) is 0 Å². The van der Waals surface area contributed by atoms with E-state index in [2.05, 4.69) is 15.2 Å². The van der Waals surface area contributed by atoms with Gasteiger partial charge in [0.15, 0.2) is 5.82 Å². The van der Waals surface area contributed by atoms with E-state index in [9.17, 15) is 13.6 Å². The first kappa shape index (κ1) is 18.3. The molecule has 1 fully saturated rings. The van der Waals surface area contributed by atoms with E-state index in [-0.39, 0.29) is 17.3 Å². The summed E-state index contributed by atoms with van der Waals surface area (Å²) in [5.41, 5.74) is 1.60. The third kappa shape index (κ3) is 3.81. The van der Waals surface area contributed by atoms with Crippen molar-refractivity contribution >= 4 is 22.5 Å². The molecule has 4 rings (SSSR count). The zero-order chi connectivity index (χ0) is 19.5. The minimum atomic E-state index is -0.652. The maximum absolute atomic E-state index is 14.1. The van der Waals surface area contributed by atoms with Crippen molar-refractivity contribution in [2.45, 2.75) is 12.8 Å². The van der Waals surface area contributed by atoms with Crippen molar-refractivity contribution < 1.29 is 13.6 Å². The van der Waals surface area contributed by atoms with Gasteiger partial charge in [-0.3, -0.25) is 9.78 Å². The Bertz CT molecular complexity index is 994. The fourth-order valence-corrected chi connectivity index (χ4v) is 3.82. The number of carbonyl (C=O) groups is 1. The fraction of sp³-hybridized carbons (Fsp3) is 0.273. The van der Waals surface area contributed by atoms with Crippen molar-refractivity contribution in [2.75, 3.05) is 24.5 Å². The Balaban J connectivity index is 1.49. The fourth-order valence-electron chi connectivity index (χ4n) is 3.82. The first-order valence-corrected chi connectivity index (χ1v) is 9.44. The van der Waals surface area contributed by atoms with E-state index in [1.807, 2.05) is 18.2 Å². The first-order chi connectivity index (χ1) is 13.6. The predicted octanol–water partition coefficient (Wildman–Crippen LogP) is 4.16. The number of amides is 1. The van der Waals surface area contributed by atoms with Gasteiger partial charge in [0, 0.05) is 48.5 Å². The van der Waals surface area contributed by atoms with Crippen LogP contribution in [0.25, 0.3) is 10.9 Å². The van der Waals surface area contributed by atoms with E-state index in [4.69, 9.17) is 0 Å². The summed E-state index contributed by atoms with van der Waals surface area (Å²) in [4.78, 5) is 18.5. The number of halogens is 2. The Morgan fingerprint density at radius 1 is 1.18 bits per heavy atom. The molecule has 3 aromatic rings. The topological polar surface area (TPSA) is 45.2 Å². The van der Waals surface area contributed by atoms with Gasteiger partial charge in [0.05, 0.1) is 0 Å². The molecule has 0 spiro atoms. The molecule has 1 aliphatic rings. The van der Waals surface area contributed by atoms with Crippen LogP contribution in [0.5, 0.6) is 0 Å². The monoisotopic (exact) mass is 381 g/mol. The van der Waals surface area contributed by atoms with E-state index in [0.29, 0.717) is 24.0 Å². The summed E-state index contributed by atoms with van der Waals surface area (Å²) < 4.78 is 27.8. The molecule has 144 valence electrons. The van der Waals surface area contributed by atoms with Crippen LogP contribution in [-0.4, -0.2) is 30.5 Å². The van der Waals surface area contributed by atoms with Crippen LogP contribution < -0.4 is 10.2 Å². The second-order valence-electron chi connectivity index (χ2n) is 7.14. The number of carbonyl (C=O) groups excluding carboxylic acids is 1. The predicted molar refractivity (Wildman–Crippen MR) is 105 cm³/mol. The molecular weight excluding hydrogens is 360 g/mol. The highest BCUT2D eigenvalue weighted by atomic mass is 19.1. The molecule has 1 aromatic heterocycles. The molecule has 1 unspecified atom stereocenters. The molecule has 1 amide bonds. The van der Waals surface area contributed by atoms with Gasteiger partial charge in [-0.15, -0.1) is 0 Å². The highest BCUT2D eigenvalue weighted by Crippen LogP contribution is 2.31. The van der Waals surface area contributed by atoms with Gasteiger partial charge < -0.3 is 10.2 Å². The molecule has 1 aliphatic heterocycles. The van der Waals surface area contributed by atoms with Crippen molar-refractivity contribution in [3.8, 4) is 0 Å². The van der Waals surface area contributed by atoms with Gasteiger partial charge in [-0.25, -0.2) is 8.78 Å². The van der Waals surface area contributed by atoms with Gasteiger partial charge in [-0.2, -0.15) is 0 Å². The second-order valence-corrected chi connectivity index (χ2v) is 7.14. The van der Waals surface area contributed by atoms with Gasteiger partial charge in [0.1, 0.15) is 11.3 Å². The molecule has 0 radical (unpaired) electrons. The quantitative estimate of drug-likeness (QED) is 0.738. The lowest BCUT2D eigenvalue weighted by molar-refractivity contribution is 0.0945. The van der Waals surface area contributed by atoms with Crippen LogP contribution >= 0.6 is 0 Å².